The summed E-state index contributed by atoms with van der Waals surface area (Å²) in [5.74, 6) is -2.22. The van der Waals surface area contributed by atoms with E-state index in [1.165, 1.54) is 6.92 Å². The minimum atomic E-state index is -1.38. The summed E-state index contributed by atoms with van der Waals surface area (Å²) in [7, 11) is 0. The predicted octanol–water partition coefficient (Wildman–Crippen LogP) is -0.0171. The number of amides is 1. The Morgan fingerprint density at radius 2 is 1.89 bits per heavy atom. The second kappa shape index (κ2) is 6.34. The van der Waals surface area contributed by atoms with Gasteiger partial charge in [0.05, 0.1) is 18.4 Å². The standard InChI is InChI=1S/C13H23NO5/c1-3-8-4-9(10(5-8)12(17)18)11(16)14-6-13(2,19)7-15/h8-10,15,19H,3-7H2,1-2H3,(H,14,16)(H,17,18). The van der Waals surface area contributed by atoms with E-state index >= 15 is 0 Å². The van der Waals surface area contributed by atoms with Crippen LogP contribution in [0.2, 0.25) is 0 Å². The molecule has 1 aliphatic carbocycles. The van der Waals surface area contributed by atoms with E-state index in [0.29, 0.717) is 12.8 Å². The minimum Gasteiger partial charge on any atom is -0.481 e. The van der Waals surface area contributed by atoms with Crippen LogP contribution < -0.4 is 5.32 Å². The molecule has 0 bridgehead atoms. The van der Waals surface area contributed by atoms with Gasteiger partial charge in [0, 0.05) is 6.54 Å². The van der Waals surface area contributed by atoms with Gasteiger partial charge in [0.1, 0.15) is 5.60 Å². The summed E-state index contributed by atoms with van der Waals surface area (Å²) in [5, 5.41) is 30.2. The van der Waals surface area contributed by atoms with Crippen molar-refractivity contribution in [3.63, 3.8) is 0 Å². The number of carbonyl (C=O) groups is 2. The van der Waals surface area contributed by atoms with Crippen LogP contribution in [0.3, 0.4) is 0 Å². The number of nitrogens with one attached hydrogen (secondary N) is 1. The van der Waals surface area contributed by atoms with Gasteiger partial charge in [-0.05, 0) is 25.7 Å². The van der Waals surface area contributed by atoms with Crippen molar-refractivity contribution in [2.75, 3.05) is 13.2 Å². The summed E-state index contributed by atoms with van der Waals surface area (Å²) < 4.78 is 0. The Morgan fingerprint density at radius 1 is 1.32 bits per heavy atom. The molecule has 19 heavy (non-hydrogen) atoms. The molecule has 0 aromatic rings. The Bertz CT molecular complexity index is 342. The normalized spacial score (nSPS) is 29.8. The summed E-state index contributed by atoms with van der Waals surface area (Å²) >= 11 is 0. The second-order valence-corrected chi connectivity index (χ2v) is 5.67. The number of carboxylic acid groups (broad SMARTS) is 1. The van der Waals surface area contributed by atoms with Crippen LogP contribution in [0.4, 0.5) is 0 Å². The number of aliphatic carboxylic acids is 1. The third-order valence-electron chi connectivity index (χ3n) is 3.88. The Labute approximate surface area is 112 Å². The minimum absolute atomic E-state index is 0.0814. The van der Waals surface area contributed by atoms with Gasteiger partial charge in [0.25, 0.3) is 0 Å². The summed E-state index contributed by atoms with van der Waals surface area (Å²) in [6.07, 6.45) is 1.96. The van der Waals surface area contributed by atoms with Crippen LogP contribution in [0.25, 0.3) is 0 Å². The number of rotatable bonds is 6. The van der Waals surface area contributed by atoms with E-state index in [1.807, 2.05) is 6.92 Å². The summed E-state index contributed by atoms with van der Waals surface area (Å²) in [4.78, 5) is 23.2. The average Bonchev–Trinajstić information content (AvgIpc) is 2.80. The van der Waals surface area contributed by atoms with Crippen molar-refractivity contribution in [3.8, 4) is 0 Å². The number of carboxylic acids is 1. The fourth-order valence-electron chi connectivity index (χ4n) is 2.50. The number of hydrogen-bond donors (Lipinski definition) is 4. The molecule has 0 heterocycles. The van der Waals surface area contributed by atoms with Crippen LogP contribution in [-0.4, -0.2) is 45.9 Å². The molecular formula is C13H23NO5. The Morgan fingerprint density at radius 3 is 2.37 bits per heavy atom. The molecule has 4 atom stereocenters. The topological polar surface area (TPSA) is 107 Å². The van der Waals surface area contributed by atoms with E-state index in [4.69, 9.17) is 10.2 Å². The first-order valence-corrected chi connectivity index (χ1v) is 6.64. The molecule has 0 aromatic heterocycles. The first-order valence-electron chi connectivity index (χ1n) is 6.64. The SMILES string of the molecule is CCC1CC(C(=O)O)C(C(=O)NCC(C)(O)CO)C1. The van der Waals surface area contributed by atoms with Gasteiger partial charge in [-0.25, -0.2) is 0 Å². The molecule has 1 rings (SSSR count). The average molecular weight is 273 g/mol. The van der Waals surface area contributed by atoms with E-state index in [9.17, 15) is 14.7 Å². The lowest BCUT2D eigenvalue weighted by Gasteiger charge is -2.23. The maximum Gasteiger partial charge on any atom is 0.307 e. The van der Waals surface area contributed by atoms with Gasteiger partial charge in [0.15, 0.2) is 0 Å². The summed E-state index contributed by atoms with van der Waals surface area (Å²) in [5.41, 5.74) is -1.38. The van der Waals surface area contributed by atoms with Gasteiger partial charge >= 0.3 is 5.97 Å². The van der Waals surface area contributed by atoms with Crippen molar-refractivity contribution in [1.29, 1.82) is 0 Å². The predicted molar refractivity (Wildman–Crippen MR) is 68.4 cm³/mol. The third kappa shape index (κ3) is 4.18. The number of aliphatic hydroxyl groups excluding tert-OH is 1. The lowest BCUT2D eigenvalue weighted by atomic mass is 9.95. The maximum atomic E-state index is 12.0. The molecule has 0 aromatic carbocycles. The number of carbonyl (C=O) groups excluding carboxylic acids is 1. The lowest BCUT2D eigenvalue weighted by Crippen LogP contribution is -2.46. The zero-order chi connectivity index (χ0) is 14.6. The molecule has 1 aliphatic rings. The van der Waals surface area contributed by atoms with Crippen molar-refractivity contribution in [3.05, 3.63) is 0 Å². The zero-order valence-corrected chi connectivity index (χ0v) is 11.4. The van der Waals surface area contributed by atoms with Crippen LogP contribution in [0.15, 0.2) is 0 Å². The molecule has 1 amide bonds. The van der Waals surface area contributed by atoms with Gasteiger partial charge < -0.3 is 20.6 Å². The Kier molecular flexibility index (Phi) is 5.31. The smallest absolute Gasteiger partial charge is 0.307 e. The summed E-state index contributed by atoms with van der Waals surface area (Å²) in [6, 6.07) is 0. The number of hydrogen-bond acceptors (Lipinski definition) is 4. The highest BCUT2D eigenvalue weighted by Gasteiger charge is 2.42. The molecular weight excluding hydrogens is 250 g/mol. The van der Waals surface area contributed by atoms with Crippen LogP contribution in [0.1, 0.15) is 33.1 Å². The van der Waals surface area contributed by atoms with Crippen LogP contribution >= 0.6 is 0 Å². The molecule has 1 saturated carbocycles. The van der Waals surface area contributed by atoms with E-state index in [0.717, 1.165) is 6.42 Å². The molecule has 4 N–H and O–H groups in total. The highest BCUT2D eigenvalue weighted by atomic mass is 16.4. The highest BCUT2D eigenvalue weighted by Crippen LogP contribution is 2.38. The molecule has 0 aliphatic heterocycles. The van der Waals surface area contributed by atoms with Gasteiger partial charge in [-0.2, -0.15) is 0 Å². The molecule has 0 spiro atoms. The molecule has 4 unspecified atom stereocenters. The van der Waals surface area contributed by atoms with Crippen molar-refractivity contribution in [2.24, 2.45) is 17.8 Å². The van der Waals surface area contributed by atoms with Gasteiger partial charge in [-0.3, -0.25) is 9.59 Å². The van der Waals surface area contributed by atoms with E-state index in [-0.39, 0.29) is 18.4 Å². The first-order chi connectivity index (χ1) is 8.80. The zero-order valence-electron chi connectivity index (χ0n) is 11.4. The van der Waals surface area contributed by atoms with E-state index < -0.39 is 30.0 Å². The van der Waals surface area contributed by atoms with Gasteiger partial charge in [-0.15, -0.1) is 0 Å². The van der Waals surface area contributed by atoms with Crippen molar-refractivity contribution in [2.45, 2.75) is 38.7 Å². The van der Waals surface area contributed by atoms with Crippen LogP contribution in [0, 0.1) is 17.8 Å². The highest BCUT2D eigenvalue weighted by molar-refractivity contribution is 5.85. The van der Waals surface area contributed by atoms with Crippen LogP contribution in [0.5, 0.6) is 0 Å². The lowest BCUT2D eigenvalue weighted by molar-refractivity contribution is -0.146. The van der Waals surface area contributed by atoms with Crippen LogP contribution in [-0.2, 0) is 9.59 Å². The molecule has 1 fully saturated rings. The fraction of sp³-hybridized carbons (Fsp3) is 0.846. The molecule has 0 saturated heterocycles. The number of aliphatic hydroxyl groups is 2. The maximum absolute atomic E-state index is 12.0. The first kappa shape index (κ1) is 15.9. The monoisotopic (exact) mass is 273 g/mol. The van der Waals surface area contributed by atoms with Crippen molar-refractivity contribution in [1.82, 2.24) is 5.32 Å². The van der Waals surface area contributed by atoms with Gasteiger partial charge in [0.2, 0.25) is 5.91 Å². The van der Waals surface area contributed by atoms with Gasteiger partial charge in [-0.1, -0.05) is 13.3 Å². The molecule has 0 radical (unpaired) electrons. The molecule has 110 valence electrons. The quantitative estimate of drug-likeness (QED) is 0.544. The van der Waals surface area contributed by atoms with Crippen molar-refractivity contribution >= 4 is 11.9 Å². The Hall–Kier alpha value is -1.14. The third-order valence-corrected chi connectivity index (χ3v) is 3.88. The second-order valence-electron chi connectivity index (χ2n) is 5.67. The fourth-order valence-corrected chi connectivity index (χ4v) is 2.50. The van der Waals surface area contributed by atoms with E-state index in [2.05, 4.69) is 5.32 Å². The molecule has 6 nitrogen and oxygen atoms in total. The van der Waals surface area contributed by atoms with Crippen molar-refractivity contribution < 1.29 is 24.9 Å². The molecule has 6 heteroatoms. The largest absolute Gasteiger partial charge is 0.481 e. The Balaban J connectivity index is 2.62. The summed E-state index contributed by atoms with van der Waals surface area (Å²) in [6.45, 7) is 2.85. The van der Waals surface area contributed by atoms with E-state index in [1.54, 1.807) is 0 Å².